The summed E-state index contributed by atoms with van der Waals surface area (Å²) in [5.41, 5.74) is 0.0449. The fourth-order valence-corrected chi connectivity index (χ4v) is 2.70. The van der Waals surface area contributed by atoms with Crippen LogP contribution in [0.2, 0.25) is 5.02 Å². The number of carbonyl (C=O) groups excluding carboxylic acids is 1. The third-order valence-corrected chi connectivity index (χ3v) is 4.20. The van der Waals surface area contributed by atoms with Gasteiger partial charge in [0.1, 0.15) is 10.9 Å². The molecule has 0 radical (unpaired) electrons. The second-order valence-corrected chi connectivity index (χ2v) is 6.19. The Morgan fingerprint density at radius 3 is 2.95 bits per heavy atom. The lowest BCUT2D eigenvalue weighted by Gasteiger charge is -2.12. The van der Waals surface area contributed by atoms with Gasteiger partial charge in [0.25, 0.3) is 0 Å². The number of carbonyl (C=O) groups is 1. The number of ether oxygens (including phenoxy) is 1. The molecule has 0 spiro atoms. The van der Waals surface area contributed by atoms with Crippen LogP contribution in [0.1, 0.15) is 26.7 Å². The van der Waals surface area contributed by atoms with Crippen LogP contribution < -0.4 is 0 Å². The summed E-state index contributed by atoms with van der Waals surface area (Å²) in [6.45, 7) is 4.13. The molecule has 0 aliphatic rings. The van der Waals surface area contributed by atoms with Gasteiger partial charge in [-0.05, 0) is 37.7 Å². The van der Waals surface area contributed by atoms with Crippen LogP contribution in [0.3, 0.4) is 0 Å². The number of rotatable bonds is 7. The molecule has 0 aliphatic heterocycles. The van der Waals surface area contributed by atoms with Crippen molar-refractivity contribution < 1.29 is 13.9 Å². The first-order valence-electron chi connectivity index (χ1n) is 6.39. The average molecular weight is 348 g/mol. The van der Waals surface area contributed by atoms with E-state index in [-0.39, 0.29) is 16.7 Å². The van der Waals surface area contributed by atoms with Gasteiger partial charge in [0, 0.05) is 4.90 Å². The lowest BCUT2D eigenvalue weighted by atomic mass is 10.3. The quantitative estimate of drug-likeness (QED) is 0.228. The number of thiocarbonyl (C=S) groups is 1. The summed E-state index contributed by atoms with van der Waals surface area (Å²) in [4.78, 5) is 16.0. The van der Waals surface area contributed by atoms with E-state index in [9.17, 15) is 9.18 Å². The monoisotopic (exact) mass is 347 g/mol. The van der Waals surface area contributed by atoms with E-state index in [1.807, 2.05) is 6.92 Å². The van der Waals surface area contributed by atoms with E-state index in [0.29, 0.717) is 11.5 Å². The molecule has 0 heterocycles. The van der Waals surface area contributed by atoms with Gasteiger partial charge in [-0.1, -0.05) is 24.9 Å². The van der Waals surface area contributed by atoms with Crippen LogP contribution in [0.25, 0.3) is 0 Å². The molecule has 114 valence electrons. The highest BCUT2D eigenvalue weighted by Crippen LogP contribution is 2.35. The summed E-state index contributed by atoms with van der Waals surface area (Å²) in [5.74, 6) is -0.909. The van der Waals surface area contributed by atoms with Gasteiger partial charge in [0.15, 0.2) is 5.82 Å². The minimum Gasteiger partial charge on any atom is -0.465 e. The largest absolute Gasteiger partial charge is 0.465 e. The van der Waals surface area contributed by atoms with Crippen molar-refractivity contribution in [1.82, 2.24) is 0 Å². The van der Waals surface area contributed by atoms with Crippen molar-refractivity contribution in [2.75, 3.05) is 6.61 Å². The van der Waals surface area contributed by atoms with Crippen molar-refractivity contribution in [3.05, 3.63) is 23.0 Å². The molecule has 1 unspecified atom stereocenters. The molecule has 21 heavy (non-hydrogen) atoms. The van der Waals surface area contributed by atoms with Gasteiger partial charge >= 0.3 is 5.97 Å². The molecule has 0 fully saturated rings. The number of aliphatic imine (C=N–C) groups is 1. The normalized spacial score (nSPS) is 11.6. The zero-order chi connectivity index (χ0) is 15.8. The van der Waals surface area contributed by atoms with Crippen molar-refractivity contribution in [1.29, 1.82) is 0 Å². The minimum absolute atomic E-state index is 0.0449. The fourth-order valence-electron chi connectivity index (χ4n) is 1.42. The molecule has 1 aromatic carbocycles. The number of nitrogens with zero attached hydrogens (tertiary/aromatic N) is 1. The molecule has 0 aromatic heterocycles. The van der Waals surface area contributed by atoms with Crippen LogP contribution in [0.4, 0.5) is 10.1 Å². The van der Waals surface area contributed by atoms with Crippen molar-refractivity contribution in [2.24, 2.45) is 4.99 Å². The SMILES string of the molecule is CCCCOC(=O)C(C)Sc1cc(N=C=S)c(F)cc1Cl. The van der Waals surface area contributed by atoms with Crippen LogP contribution in [0.15, 0.2) is 22.0 Å². The summed E-state index contributed by atoms with van der Waals surface area (Å²) in [6.07, 6.45) is 1.78. The molecule has 7 heteroatoms. The second kappa shape index (κ2) is 9.15. The number of unbranched alkanes of at least 4 members (excludes halogenated alkanes) is 1. The molecule has 1 aromatic rings. The first-order valence-corrected chi connectivity index (χ1v) is 8.06. The number of thioether (sulfide) groups is 1. The summed E-state index contributed by atoms with van der Waals surface area (Å²) in [7, 11) is 0. The minimum atomic E-state index is -0.583. The first-order chi connectivity index (χ1) is 9.99. The molecule has 0 aliphatic carbocycles. The third kappa shape index (κ3) is 5.75. The predicted octanol–water partition coefficient (Wildman–Crippen LogP) is 5.04. The van der Waals surface area contributed by atoms with E-state index in [4.69, 9.17) is 16.3 Å². The number of halogens is 2. The zero-order valence-electron chi connectivity index (χ0n) is 11.7. The van der Waals surface area contributed by atoms with E-state index in [1.54, 1.807) is 6.92 Å². The van der Waals surface area contributed by atoms with Gasteiger partial charge in [-0.15, -0.1) is 11.8 Å². The van der Waals surface area contributed by atoms with Crippen molar-refractivity contribution in [2.45, 2.75) is 36.8 Å². The van der Waals surface area contributed by atoms with Gasteiger partial charge in [0.2, 0.25) is 0 Å². The smallest absolute Gasteiger partial charge is 0.319 e. The van der Waals surface area contributed by atoms with Gasteiger partial charge in [0.05, 0.1) is 16.8 Å². The lowest BCUT2D eigenvalue weighted by molar-refractivity contribution is -0.142. The maximum atomic E-state index is 13.6. The number of hydrogen-bond donors (Lipinski definition) is 0. The maximum Gasteiger partial charge on any atom is 0.319 e. The molecule has 0 N–H and O–H groups in total. The molecule has 0 saturated heterocycles. The van der Waals surface area contributed by atoms with E-state index in [0.717, 1.165) is 18.9 Å². The van der Waals surface area contributed by atoms with Crippen molar-refractivity contribution >= 4 is 52.4 Å². The van der Waals surface area contributed by atoms with Crippen LogP contribution in [0, 0.1) is 5.82 Å². The summed E-state index contributed by atoms with van der Waals surface area (Å²) in [5, 5.41) is 1.87. The number of benzene rings is 1. The van der Waals surface area contributed by atoms with E-state index in [2.05, 4.69) is 22.4 Å². The van der Waals surface area contributed by atoms with Gasteiger partial charge in [-0.3, -0.25) is 4.79 Å². The predicted molar refractivity (Wildman–Crippen MR) is 87.3 cm³/mol. The first kappa shape index (κ1) is 18.1. The molecule has 3 nitrogen and oxygen atoms in total. The molecular weight excluding hydrogens is 333 g/mol. The Morgan fingerprint density at radius 2 is 2.33 bits per heavy atom. The summed E-state index contributed by atoms with van der Waals surface area (Å²) in [6, 6.07) is 2.59. The van der Waals surface area contributed by atoms with E-state index >= 15 is 0 Å². The average Bonchev–Trinajstić information content (AvgIpc) is 2.44. The standard InChI is InChI=1S/C14H15ClFNO2S2/c1-3-4-5-19-14(18)9(2)21-13-7-12(17-8-20)11(16)6-10(13)15/h6-7,9H,3-5H2,1-2H3. The Labute approximate surface area is 137 Å². The van der Waals surface area contributed by atoms with E-state index < -0.39 is 11.1 Å². The fraction of sp³-hybridized carbons (Fsp3) is 0.429. The Balaban J connectivity index is 2.79. The number of hydrogen-bond acceptors (Lipinski definition) is 5. The van der Waals surface area contributed by atoms with Gasteiger partial charge < -0.3 is 4.74 Å². The highest BCUT2D eigenvalue weighted by atomic mass is 35.5. The van der Waals surface area contributed by atoms with Crippen LogP contribution >= 0.6 is 35.6 Å². The Hall–Kier alpha value is -0.940. The molecule has 1 rings (SSSR count). The van der Waals surface area contributed by atoms with Crippen LogP contribution in [0.5, 0.6) is 0 Å². The molecule has 0 bridgehead atoms. The summed E-state index contributed by atoms with van der Waals surface area (Å²) < 4.78 is 18.7. The molecule has 0 saturated carbocycles. The number of isothiocyanates is 1. The number of esters is 1. The highest BCUT2D eigenvalue weighted by molar-refractivity contribution is 8.00. The Morgan fingerprint density at radius 1 is 1.62 bits per heavy atom. The summed E-state index contributed by atoms with van der Waals surface area (Å²) >= 11 is 11.6. The van der Waals surface area contributed by atoms with Gasteiger partial charge in [-0.2, -0.15) is 4.99 Å². The molecular formula is C14H15ClFNO2S2. The van der Waals surface area contributed by atoms with E-state index in [1.165, 1.54) is 17.8 Å². The van der Waals surface area contributed by atoms with Crippen molar-refractivity contribution in [3.63, 3.8) is 0 Å². The maximum absolute atomic E-state index is 13.6. The topological polar surface area (TPSA) is 38.7 Å². The van der Waals surface area contributed by atoms with Gasteiger partial charge in [-0.25, -0.2) is 4.39 Å². The zero-order valence-corrected chi connectivity index (χ0v) is 14.1. The second-order valence-electron chi connectivity index (χ2n) is 4.22. The van der Waals surface area contributed by atoms with Crippen LogP contribution in [-0.2, 0) is 9.53 Å². The van der Waals surface area contributed by atoms with Crippen LogP contribution in [-0.4, -0.2) is 23.0 Å². The highest BCUT2D eigenvalue weighted by Gasteiger charge is 2.18. The third-order valence-electron chi connectivity index (χ3n) is 2.55. The Bertz CT molecular complexity index is 562. The van der Waals surface area contributed by atoms with Crippen molar-refractivity contribution in [3.8, 4) is 0 Å². The Kier molecular flexibility index (Phi) is 7.89. The molecule has 0 amide bonds. The lowest BCUT2D eigenvalue weighted by Crippen LogP contribution is -2.17. The molecule has 1 atom stereocenters.